The first-order valence-corrected chi connectivity index (χ1v) is 6.01. The Labute approximate surface area is 106 Å². The maximum Gasteiger partial charge on any atom is 0.407 e. The van der Waals surface area contributed by atoms with Crippen LogP contribution in [-0.2, 0) is 18.5 Å². The summed E-state index contributed by atoms with van der Waals surface area (Å²) >= 11 is 0. The highest BCUT2D eigenvalue weighted by Crippen LogP contribution is 2.32. The third-order valence-electron chi connectivity index (χ3n) is 3.30. The van der Waals surface area contributed by atoms with Crippen molar-refractivity contribution in [2.24, 2.45) is 0 Å². The van der Waals surface area contributed by atoms with E-state index in [9.17, 15) is 9.90 Å². The number of aromatic nitrogens is 2. The fraction of sp³-hybridized carbons (Fsp3) is 0.667. The molecule has 1 atom stereocenters. The molecule has 6 heteroatoms. The predicted molar refractivity (Wildman–Crippen MR) is 65.6 cm³/mol. The van der Waals surface area contributed by atoms with Crippen LogP contribution < -0.4 is 0 Å². The van der Waals surface area contributed by atoms with Crippen LogP contribution in [0.3, 0.4) is 0 Å². The van der Waals surface area contributed by atoms with E-state index in [0.717, 1.165) is 5.69 Å². The number of nitrogens with zero attached hydrogens (tertiary/aromatic N) is 3. The highest BCUT2D eigenvalue weighted by atomic mass is 16.4. The van der Waals surface area contributed by atoms with Gasteiger partial charge < -0.3 is 15.1 Å². The van der Waals surface area contributed by atoms with Gasteiger partial charge in [0.25, 0.3) is 0 Å². The number of hydrogen-bond acceptors (Lipinski definition) is 3. The lowest BCUT2D eigenvalue weighted by Crippen LogP contribution is -2.42. The molecule has 0 saturated heterocycles. The lowest BCUT2D eigenvalue weighted by atomic mass is 10.00. The summed E-state index contributed by atoms with van der Waals surface area (Å²) in [5.41, 5.74) is 1.34. The molecule has 1 aliphatic heterocycles. The molecule has 0 fully saturated rings. The van der Waals surface area contributed by atoms with Gasteiger partial charge in [-0.2, -0.15) is 0 Å². The van der Waals surface area contributed by atoms with Crippen LogP contribution in [0.1, 0.15) is 39.0 Å². The number of hydrogen-bond donors (Lipinski definition) is 2. The molecule has 0 saturated carbocycles. The summed E-state index contributed by atoms with van der Waals surface area (Å²) in [4.78, 5) is 12.4. The minimum Gasteiger partial charge on any atom is -0.492 e. The minimum absolute atomic E-state index is 0.0573. The zero-order valence-corrected chi connectivity index (χ0v) is 11.1. The Morgan fingerprint density at radius 2 is 2.06 bits per heavy atom. The third kappa shape index (κ3) is 1.91. The zero-order chi connectivity index (χ0) is 13.7. The number of fused-ring (bicyclic) bond motifs is 1. The third-order valence-corrected chi connectivity index (χ3v) is 3.30. The van der Waals surface area contributed by atoms with Crippen molar-refractivity contribution >= 4 is 6.09 Å². The van der Waals surface area contributed by atoms with Crippen molar-refractivity contribution in [3.63, 3.8) is 0 Å². The summed E-state index contributed by atoms with van der Waals surface area (Å²) in [7, 11) is 0. The van der Waals surface area contributed by atoms with Crippen LogP contribution in [-0.4, -0.2) is 37.0 Å². The number of aromatic hydroxyl groups is 1. The molecule has 1 amide bonds. The van der Waals surface area contributed by atoms with Crippen LogP contribution in [0, 0.1) is 0 Å². The molecule has 0 aromatic carbocycles. The van der Waals surface area contributed by atoms with Crippen molar-refractivity contribution in [2.45, 2.75) is 52.2 Å². The molecule has 0 radical (unpaired) electrons. The predicted octanol–water partition coefficient (Wildman–Crippen LogP) is 1.77. The maximum absolute atomic E-state index is 11.1. The molecule has 2 N–H and O–H groups in total. The maximum atomic E-state index is 11.1. The molecule has 6 nitrogen and oxygen atoms in total. The summed E-state index contributed by atoms with van der Waals surface area (Å²) in [5, 5.41) is 23.1. The van der Waals surface area contributed by atoms with Gasteiger partial charge >= 0.3 is 6.09 Å². The van der Waals surface area contributed by atoms with Crippen molar-refractivity contribution < 1.29 is 15.0 Å². The number of rotatable bonds is 0. The van der Waals surface area contributed by atoms with E-state index in [1.165, 1.54) is 4.90 Å². The normalized spacial score (nSPS) is 19.8. The van der Waals surface area contributed by atoms with Crippen LogP contribution in [0.15, 0.2) is 0 Å². The van der Waals surface area contributed by atoms with Gasteiger partial charge in [0.2, 0.25) is 5.88 Å². The monoisotopic (exact) mass is 253 g/mol. The fourth-order valence-electron chi connectivity index (χ4n) is 2.37. The molecule has 0 spiro atoms. The van der Waals surface area contributed by atoms with Gasteiger partial charge in [-0.25, -0.2) is 4.79 Å². The van der Waals surface area contributed by atoms with Gasteiger partial charge in [-0.15, -0.1) is 5.10 Å². The van der Waals surface area contributed by atoms with E-state index in [-0.39, 0.29) is 24.0 Å². The van der Waals surface area contributed by atoms with Crippen molar-refractivity contribution in [1.29, 1.82) is 0 Å². The van der Waals surface area contributed by atoms with Crippen LogP contribution in [0.2, 0.25) is 0 Å². The molecule has 18 heavy (non-hydrogen) atoms. The number of amides is 1. The summed E-state index contributed by atoms with van der Waals surface area (Å²) in [6.45, 7) is 8.09. The van der Waals surface area contributed by atoms with E-state index < -0.39 is 6.09 Å². The summed E-state index contributed by atoms with van der Waals surface area (Å²) < 4.78 is 1.80. The highest BCUT2D eigenvalue weighted by Gasteiger charge is 2.34. The average molecular weight is 253 g/mol. The van der Waals surface area contributed by atoms with E-state index >= 15 is 0 Å². The van der Waals surface area contributed by atoms with Crippen molar-refractivity contribution in [1.82, 2.24) is 14.7 Å². The molecule has 1 aliphatic rings. The molecule has 100 valence electrons. The minimum atomic E-state index is -0.962. The van der Waals surface area contributed by atoms with Crippen molar-refractivity contribution in [2.75, 3.05) is 0 Å². The van der Waals surface area contributed by atoms with Gasteiger partial charge in [0, 0.05) is 12.5 Å². The number of carboxylic acid groups (broad SMARTS) is 1. The second-order valence-corrected chi connectivity index (χ2v) is 5.80. The molecular weight excluding hydrogens is 234 g/mol. The van der Waals surface area contributed by atoms with Gasteiger partial charge in [-0.3, -0.25) is 4.68 Å². The molecule has 0 bridgehead atoms. The Kier molecular flexibility index (Phi) is 2.76. The number of carbonyl (C=O) groups is 1. The summed E-state index contributed by atoms with van der Waals surface area (Å²) in [6.07, 6.45) is -0.386. The van der Waals surface area contributed by atoms with E-state index in [2.05, 4.69) is 5.10 Å². The molecule has 2 rings (SSSR count). The Morgan fingerprint density at radius 3 is 2.56 bits per heavy atom. The lowest BCUT2D eigenvalue weighted by molar-refractivity contribution is 0.117. The Bertz CT molecular complexity index is 487. The first-order chi connectivity index (χ1) is 8.21. The Balaban J connectivity index is 2.47. The molecule has 2 heterocycles. The van der Waals surface area contributed by atoms with E-state index in [1.807, 2.05) is 27.7 Å². The molecule has 1 aromatic rings. The van der Waals surface area contributed by atoms with Crippen LogP contribution in [0.4, 0.5) is 4.79 Å². The largest absolute Gasteiger partial charge is 0.492 e. The average Bonchev–Trinajstić information content (AvgIpc) is 2.53. The summed E-state index contributed by atoms with van der Waals surface area (Å²) in [6, 6.07) is -0.104. The quantitative estimate of drug-likeness (QED) is 0.738. The second kappa shape index (κ2) is 3.90. The fourth-order valence-corrected chi connectivity index (χ4v) is 2.37. The second-order valence-electron chi connectivity index (χ2n) is 5.80. The molecule has 1 aromatic heterocycles. The Morgan fingerprint density at radius 1 is 1.44 bits per heavy atom. The highest BCUT2D eigenvalue weighted by molar-refractivity contribution is 5.66. The van der Waals surface area contributed by atoms with Gasteiger partial charge in [0.05, 0.1) is 23.3 Å². The van der Waals surface area contributed by atoms with Gasteiger partial charge in [0.15, 0.2) is 0 Å². The van der Waals surface area contributed by atoms with Gasteiger partial charge in [-0.05, 0) is 27.7 Å². The van der Waals surface area contributed by atoms with E-state index in [4.69, 9.17) is 5.11 Å². The van der Waals surface area contributed by atoms with Crippen molar-refractivity contribution in [3.8, 4) is 5.88 Å². The molecule has 0 unspecified atom stereocenters. The standard InChI is InChI=1S/C12H19N3O3/c1-7-5-9-8(6-14(7)11(17)18)10(16)13-15(9)12(2,3)4/h7H,5-6H2,1-4H3,(H,13,16)(H,17,18)/t7-/m0/s1. The van der Waals surface area contributed by atoms with Gasteiger partial charge in [-0.1, -0.05) is 0 Å². The van der Waals surface area contributed by atoms with E-state index in [1.54, 1.807) is 4.68 Å². The topological polar surface area (TPSA) is 78.6 Å². The molecule has 0 aliphatic carbocycles. The smallest absolute Gasteiger partial charge is 0.407 e. The van der Waals surface area contributed by atoms with Gasteiger partial charge in [0.1, 0.15) is 0 Å². The molecular formula is C12H19N3O3. The van der Waals surface area contributed by atoms with Crippen LogP contribution in [0.5, 0.6) is 5.88 Å². The van der Waals surface area contributed by atoms with E-state index in [0.29, 0.717) is 12.0 Å². The first-order valence-electron chi connectivity index (χ1n) is 6.01. The zero-order valence-electron chi connectivity index (χ0n) is 11.1. The SMILES string of the molecule is C[C@H]1Cc2c(c(O)nn2C(C)(C)C)CN1C(=O)O. The van der Waals surface area contributed by atoms with Crippen LogP contribution in [0.25, 0.3) is 0 Å². The lowest BCUT2D eigenvalue weighted by Gasteiger charge is -2.33. The summed E-state index contributed by atoms with van der Waals surface area (Å²) in [5.74, 6) is -0.0573. The Hall–Kier alpha value is -1.72. The van der Waals surface area contributed by atoms with Crippen molar-refractivity contribution in [3.05, 3.63) is 11.3 Å². The van der Waals surface area contributed by atoms with Crippen LogP contribution >= 0.6 is 0 Å². The first kappa shape index (κ1) is 12.7.